The molecule has 0 aliphatic carbocycles. The maximum Gasteiger partial charge on any atom is 0.258 e. The standard InChI is InChI=1S/C17H20F2N2O.2ClH/c1-22-15-7-6-14(12-4-2-3-5-13(12)15)16(17(18)19)21-10-8-20-9-11-21;;/h2-7,16-17,20H,8-11H2,1H3;2*1H/t16-;;/m0../s1. The van der Waals surface area contributed by atoms with Gasteiger partial charge in [0, 0.05) is 31.6 Å². The van der Waals surface area contributed by atoms with Crippen LogP contribution in [0.1, 0.15) is 11.6 Å². The van der Waals surface area contributed by atoms with Crippen molar-refractivity contribution >= 4 is 35.6 Å². The van der Waals surface area contributed by atoms with Crippen molar-refractivity contribution < 1.29 is 13.5 Å². The number of nitrogens with zero attached hydrogens (tertiary/aromatic N) is 1. The first-order valence-corrected chi connectivity index (χ1v) is 7.51. The second-order valence-corrected chi connectivity index (χ2v) is 5.47. The molecule has 1 atom stereocenters. The molecular weight excluding hydrogens is 357 g/mol. The molecule has 2 aromatic rings. The van der Waals surface area contributed by atoms with Gasteiger partial charge in [0.15, 0.2) is 0 Å². The molecule has 0 bridgehead atoms. The van der Waals surface area contributed by atoms with Gasteiger partial charge in [-0.15, -0.1) is 24.8 Å². The van der Waals surface area contributed by atoms with Crippen molar-refractivity contribution in [3.63, 3.8) is 0 Å². The Labute approximate surface area is 153 Å². The van der Waals surface area contributed by atoms with Crippen molar-refractivity contribution in [2.75, 3.05) is 33.3 Å². The third kappa shape index (κ3) is 4.09. The molecule has 0 aromatic heterocycles. The number of fused-ring (bicyclic) bond motifs is 1. The van der Waals surface area contributed by atoms with Crippen LogP contribution in [0.4, 0.5) is 8.78 Å². The fourth-order valence-electron chi connectivity index (χ4n) is 3.18. The molecule has 1 heterocycles. The SMILES string of the molecule is COc1ccc([C@@H](C(F)F)N2CCNCC2)c2ccccc12.Cl.Cl. The molecule has 1 aliphatic heterocycles. The van der Waals surface area contributed by atoms with Crippen LogP contribution >= 0.6 is 24.8 Å². The fraction of sp³-hybridized carbons (Fsp3) is 0.412. The zero-order valence-electron chi connectivity index (χ0n) is 13.4. The smallest absolute Gasteiger partial charge is 0.258 e. The van der Waals surface area contributed by atoms with Gasteiger partial charge in [-0.1, -0.05) is 30.3 Å². The van der Waals surface area contributed by atoms with E-state index in [1.807, 2.05) is 29.2 Å². The number of hydrogen-bond acceptors (Lipinski definition) is 3. The molecule has 3 nitrogen and oxygen atoms in total. The van der Waals surface area contributed by atoms with Crippen LogP contribution in [0.3, 0.4) is 0 Å². The number of alkyl halides is 2. The number of halogens is 4. The van der Waals surface area contributed by atoms with Gasteiger partial charge >= 0.3 is 0 Å². The second kappa shape index (κ2) is 9.37. The summed E-state index contributed by atoms with van der Waals surface area (Å²) in [5, 5.41) is 4.93. The highest BCUT2D eigenvalue weighted by Crippen LogP contribution is 2.36. The molecule has 3 rings (SSSR count). The monoisotopic (exact) mass is 378 g/mol. The van der Waals surface area contributed by atoms with Gasteiger partial charge < -0.3 is 10.1 Å². The minimum Gasteiger partial charge on any atom is -0.496 e. The Morgan fingerprint density at radius 1 is 1.00 bits per heavy atom. The summed E-state index contributed by atoms with van der Waals surface area (Å²) in [6.45, 7) is 2.76. The van der Waals surface area contributed by atoms with E-state index in [1.165, 1.54) is 0 Å². The van der Waals surface area contributed by atoms with Gasteiger partial charge in [-0.25, -0.2) is 8.78 Å². The molecule has 0 radical (unpaired) electrons. The zero-order chi connectivity index (χ0) is 15.5. The highest BCUT2D eigenvalue weighted by atomic mass is 35.5. The number of nitrogens with one attached hydrogen (secondary N) is 1. The van der Waals surface area contributed by atoms with E-state index in [0.29, 0.717) is 24.4 Å². The molecule has 0 unspecified atom stereocenters. The van der Waals surface area contributed by atoms with Gasteiger partial charge in [-0.2, -0.15) is 0 Å². The topological polar surface area (TPSA) is 24.5 Å². The number of piperazine rings is 1. The van der Waals surface area contributed by atoms with Gasteiger partial charge in [0.25, 0.3) is 6.43 Å². The van der Waals surface area contributed by atoms with Crippen molar-refractivity contribution in [2.45, 2.75) is 12.5 Å². The van der Waals surface area contributed by atoms with Crippen molar-refractivity contribution in [1.82, 2.24) is 10.2 Å². The summed E-state index contributed by atoms with van der Waals surface area (Å²) in [6, 6.07) is 10.3. The Kier molecular flexibility index (Phi) is 8.16. The second-order valence-electron chi connectivity index (χ2n) is 5.47. The number of benzene rings is 2. The quantitative estimate of drug-likeness (QED) is 0.872. The van der Waals surface area contributed by atoms with Crippen LogP contribution in [-0.4, -0.2) is 44.6 Å². The maximum absolute atomic E-state index is 13.8. The van der Waals surface area contributed by atoms with Crippen molar-refractivity contribution in [3.05, 3.63) is 42.0 Å². The van der Waals surface area contributed by atoms with Crippen molar-refractivity contribution in [1.29, 1.82) is 0 Å². The average molecular weight is 379 g/mol. The van der Waals surface area contributed by atoms with Gasteiger partial charge in [0.05, 0.1) is 13.2 Å². The normalized spacial score (nSPS) is 16.3. The number of methoxy groups -OCH3 is 1. The first-order valence-electron chi connectivity index (χ1n) is 7.51. The number of hydrogen-bond donors (Lipinski definition) is 1. The average Bonchev–Trinajstić information content (AvgIpc) is 2.56. The highest BCUT2D eigenvalue weighted by Gasteiger charge is 2.31. The third-order valence-corrected chi connectivity index (χ3v) is 4.24. The lowest BCUT2D eigenvalue weighted by Gasteiger charge is -2.35. The summed E-state index contributed by atoms with van der Waals surface area (Å²) in [4.78, 5) is 1.87. The largest absolute Gasteiger partial charge is 0.496 e. The number of ether oxygens (including phenoxy) is 1. The summed E-state index contributed by atoms with van der Waals surface area (Å²) in [5.74, 6) is 0.715. The Morgan fingerprint density at radius 3 is 2.21 bits per heavy atom. The Morgan fingerprint density at radius 2 is 1.62 bits per heavy atom. The van der Waals surface area contributed by atoms with E-state index in [-0.39, 0.29) is 24.8 Å². The van der Waals surface area contributed by atoms with Crippen LogP contribution in [0.5, 0.6) is 5.75 Å². The molecule has 1 fully saturated rings. The predicted octanol–water partition coefficient (Wildman–Crippen LogP) is 3.90. The lowest BCUT2D eigenvalue weighted by Crippen LogP contribution is -2.46. The minimum atomic E-state index is -2.42. The van der Waals surface area contributed by atoms with Crippen LogP contribution in [0, 0.1) is 0 Å². The van der Waals surface area contributed by atoms with Gasteiger partial charge in [0.2, 0.25) is 0 Å². The van der Waals surface area contributed by atoms with Gasteiger partial charge in [-0.3, -0.25) is 4.90 Å². The molecule has 24 heavy (non-hydrogen) atoms. The summed E-state index contributed by atoms with van der Waals surface area (Å²) in [6.07, 6.45) is -2.42. The molecule has 0 amide bonds. The summed E-state index contributed by atoms with van der Waals surface area (Å²) < 4.78 is 32.9. The van der Waals surface area contributed by atoms with E-state index in [1.54, 1.807) is 19.2 Å². The highest BCUT2D eigenvalue weighted by molar-refractivity contribution is 5.91. The lowest BCUT2D eigenvalue weighted by molar-refractivity contribution is 0.0189. The van der Waals surface area contributed by atoms with Crippen LogP contribution in [0.2, 0.25) is 0 Å². The van der Waals surface area contributed by atoms with E-state index >= 15 is 0 Å². The number of rotatable bonds is 4. The maximum atomic E-state index is 13.8. The van der Waals surface area contributed by atoms with Crippen LogP contribution in [0.15, 0.2) is 36.4 Å². The van der Waals surface area contributed by atoms with Crippen molar-refractivity contribution in [3.8, 4) is 5.75 Å². The Hall–Kier alpha value is -1.14. The first kappa shape index (κ1) is 20.9. The van der Waals surface area contributed by atoms with Crippen LogP contribution in [0.25, 0.3) is 10.8 Å². The van der Waals surface area contributed by atoms with E-state index in [2.05, 4.69) is 5.32 Å². The molecule has 1 N–H and O–H groups in total. The molecule has 134 valence electrons. The summed E-state index contributed by atoms with van der Waals surface area (Å²) in [5.41, 5.74) is 0.674. The Balaban J connectivity index is 0.00000144. The van der Waals surface area contributed by atoms with E-state index in [9.17, 15) is 8.78 Å². The molecule has 0 spiro atoms. The first-order chi connectivity index (χ1) is 10.7. The molecule has 0 saturated carbocycles. The van der Waals surface area contributed by atoms with E-state index in [4.69, 9.17) is 4.74 Å². The van der Waals surface area contributed by atoms with Gasteiger partial charge in [0.1, 0.15) is 5.75 Å². The molecule has 1 saturated heterocycles. The molecular formula is C17H22Cl2F2N2O. The lowest BCUT2D eigenvalue weighted by atomic mass is 9.96. The molecule has 1 aliphatic rings. The third-order valence-electron chi connectivity index (χ3n) is 4.24. The molecule has 7 heteroatoms. The Bertz CT molecular complexity index is 652. The van der Waals surface area contributed by atoms with E-state index < -0.39 is 12.5 Å². The molecule has 2 aromatic carbocycles. The summed E-state index contributed by atoms with van der Waals surface area (Å²) >= 11 is 0. The fourth-order valence-corrected chi connectivity index (χ4v) is 3.18. The van der Waals surface area contributed by atoms with E-state index in [0.717, 1.165) is 23.9 Å². The predicted molar refractivity (Wildman–Crippen MR) is 98.2 cm³/mol. The van der Waals surface area contributed by atoms with Gasteiger partial charge in [-0.05, 0) is 17.0 Å². The van der Waals surface area contributed by atoms with Crippen LogP contribution < -0.4 is 10.1 Å². The van der Waals surface area contributed by atoms with Crippen molar-refractivity contribution in [2.24, 2.45) is 0 Å². The van der Waals surface area contributed by atoms with Crippen LogP contribution in [-0.2, 0) is 0 Å². The zero-order valence-corrected chi connectivity index (χ0v) is 15.0. The minimum absolute atomic E-state index is 0. The summed E-state index contributed by atoms with van der Waals surface area (Å²) in [7, 11) is 1.60.